The standard InChI is InChI=1S/C11H6N2O3/c12-5-7-3-1-2-4-8(7)10-9(11(14)15)6-13-16-10/h1-4,6H,(H,14,15). The van der Waals surface area contributed by atoms with Crippen molar-refractivity contribution in [3.05, 3.63) is 41.6 Å². The van der Waals surface area contributed by atoms with Gasteiger partial charge in [0.15, 0.2) is 5.76 Å². The van der Waals surface area contributed by atoms with E-state index < -0.39 is 5.97 Å². The van der Waals surface area contributed by atoms with Crippen LogP contribution in [0.3, 0.4) is 0 Å². The number of benzene rings is 1. The van der Waals surface area contributed by atoms with Gasteiger partial charge in [0.2, 0.25) is 0 Å². The highest BCUT2D eigenvalue weighted by Crippen LogP contribution is 2.26. The maximum atomic E-state index is 10.9. The first-order valence-electron chi connectivity index (χ1n) is 4.41. The van der Waals surface area contributed by atoms with Gasteiger partial charge in [-0.15, -0.1) is 0 Å². The van der Waals surface area contributed by atoms with E-state index in [4.69, 9.17) is 14.9 Å². The molecule has 0 saturated heterocycles. The van der Waals surface area contributed by atoms with Gasteiger partial charge < -0.3 is 9.63 Å². The van der Waals surface area contributed by atoms with Gasteiger partial charge in [-0.05, 0) is 12.1 Å². The average Bonchev–Trinajstić information content (AvgIpc) is 2.77. The number of rotatable bonds is 2. The lowest BCUT2D eigenvalue weighted by atomic mass is 10.0. The molecule has 0 radical (unpaired) electrons. The Kier molecular flexibility index (Phi) is 2.40. The quantitative estimate of drug-likeness (QED) is 0.824. The fraction of sp³-hybridized carbons (Fsp3) is 0. The number of carboxylic acids is 1. The Hall–Kier alpha value is -2.61. The zero-order valence-corrected chi connectivity index (χ0v) is 8.04. The molecule has 1 aromatic carbocycles. The second-order valence-corrected chi connectivity index (χ2v) is 3.03. The van der Waals surface area contributed by atoms with Crippen molar-refractivity contribution < 1.29 is 14.4 Å². The highest BCUT2D eigenvalue weighted by molar-refractivity contribution is 5.94. The predicted octanol–water partition coefficient (Wildman–Crippen LogP) is 1.91. The number of aromatic nitrogens is 1. The number of nitriles is 1. The molecule has 0 bridgehead atoms. The summed E-state index contributed by atoms with van der Waals surface area (Å²) in [5.74, 6) is -1.03. The number of carboxylic acid groups (broad SMARTS) is 1. The molecule has 0 aliphatic heterocycles. The molecule has 0 amide bonds. The summed E-state index contributed by atoms with van der Waals surface area (Å²) in [6, 6.07) is 8.56. The molecule has 1 N–H and O–H groups in total. The Morgan fingerprint density at radius 2 is 2.19 bits per heavy atom. The van der Waals surface area contributed by atoms with Crippen LogP contribution in [0.2, 0.25) is 0 Å². The molecule has 0 aliphatic rings. The molecule has 5 nitrogen and oxygen atoms in total. The molecule has 2 aromatic rings. The smallest absolute Gasteiger partial charge is 0.341 e. The van der Waals surface area contributed by atoms with Crippen LogP contribution in [-0.4, -0.2) is 16.2 Å². The molecule has 0 spiro atoms. The maximum Gasteiger partial charge on any atom is 0.341 e. The third kappa shape index (κ3) is 1.53. The van der Waals surface area contributed by atoms with Crippen molar-refractivity contribution >= 4 is 5.97 Å². The summed E-state index contributed by atoms with van der Waals surface area (Å²) >= 11 is 0. The van der Waals surface area contributed by atoms with E-state index in [9.17, 15) is 4.79 Å². The molecule has 1 heterocycles. The van der Waals surface area contributed by atoms with Gasteiger partial charge in [0, 0.05) is 5.56 Å². The van der Waals surface area contributed by atoms with Crippen LogP contribution in [0, 0.1) is 11.3 Å². The molecule has 0 atom stereocenters. The van der Waals surface area contributed by atoms with E-state index in [1.54, 1.807) is 24.3 Å². The van der Waals surface area contributed by atoms with Crippen LogP contribution in [0.5, 0.6) is 0 Å². The third-order valence-corrected chi connectivity index (χ3v) is 2.09. The summed E-state index contributed by atoms with van der Waals surface area (Å²) in [5, 5.41) is 21.2. The molecule has 78 valence electrons. The second kappa shape index (κ2) is 3.87. The minimum absolute atomic E-state index is 0.0531. The zero-order valence-electron chi connectivity index (χ0n) is 8.04. The molecule has 0 aliphatic carbocycles. The first-order chi connectivity index (χ1) is 7.74. The normalized spacial score (nSPS) is 9.69. The largest absolute Gasteiger partial charge is 0.477 e. The van der Waals surface area contributed by atoms with Gasteiger partial charge in [-0.25, -0.2) is 4.79 Å². The summed E-state index contributed by atoms with van der Waals surface area (Å²) in [6.07, 6.45) is 1.12. The lowest BCUT2D eigenvalue weighted by Crippen LogP contribution is -1.96. The highest BCUT2D eigenvalue weighted by Gasteiger charge is 2.18. The van der Waals surface area contributed by atoms with Gasteiger partial charge in [0.25, 0.3) is 0 Å². The van der Waals surface area contributed by atoms with Gasteiger partial charge in [0.05, 0.1) is 17.8 Å². The highest BCUT2D eigenvalue weighted by atomic mass is 16.5. The third-order valence-electron chi connectivity index (χ3n) is 2.09. The van der Waals surface area contributed by atoms with Gasteiger partial charge in [-0.1, -0.05) is 17.3 Å². The summed E-state index contributed by atoms with van der Waals surface area (Å²) in [7, 11) is 0. The van der Waals surface area contributed by atoms with Crippen molar-refractivity contribution in [1.29, 1.82) is 5.26 Å². The molecule has 5 heteroatoms. The average molecular weight is 214 g/mol. The number of hydrogen-bond acceptors (Lipinski definition) is 4. The molecule has 0 unspecified atom stereocenters. The van der Waals surface area contributed by atoms with Crippen LogP contribution in [0.4, 0.5) is 0 Å². The van der Waals surface area contributed by atoms with Crippen molar-refractivity contribution in [2.45, 2.75) is 0 Å². The lowest BCUT2D eigenvalue weighted by molar-refractivity contribution is 0.0697. The summed E-state index contributed by atoms with van der Waals surface area (Å²) in [5.41, 5.74) is 0.726. The van der Waals surface area contributed by atoms with Gasteiger partial charge >= 0.3 is 5.97 Å². The summed E-state index contributed by atoms with van der Waals surface area (Å²) in [6.45, 7) is 0. The van der Waals surface area contributed by atoms with Crippen LogP contribution in [0.1, 0.15) is 15.9 Å². The van der Waals surface area contributed by atoms with Crippen molar-refractivity contribution in [2.24, 2.45) is 0 Å². The summed E-state index contributed by atoms with van der Waals surface area (Å²) in [4.78, 5) is 10.9. The molecule has 0 saturated carbocycles. The van der Waals surface area contributed by atoms with Gasteiger partial charge in [-0.3, -0.25) is 0 Å². The van der Waals surface area contributed by atoms with Crippen LogP contribution in [0.25, 0.3) is 11.3 Å². The number of aromatic carboxylic acids is 1. The van der Waals surface area contributed by atoms with Crippen LogP contribution < -0.4 is 0 Å². The Morgan fingerprint density at radius 1 is 1.44 bits per heavy atom. The van der Waals surface area contributed by atoms with E-state index in [2.05, 4.69) is 5.16 Å². The monoisotopic (exact) mass is 214 g/mol. The van der Waals surface area contributed by atoms with Gasteiger partial charge in [0.1, 0.15) is 5.56 Å². The molecule has 2 rings (SSSR count). The van der Waals surface area contributed by atoms with E-state index in [-0.39, 0.29) is 11.3 Å². The topological polar surface area (TPSA) is 87.1 Å². The van der Waals surface area contributed by atoms with Gasteiger partial charge in [-0.2, -0.15) is 5.26 Å². The maximum absolute atomic E-state index is 10.9. The van der Waals surface area contributed by atoms with E-state index >= 15 is 0 Å². The Balaban J connectivity index is 2.64. The van der Waals surface area contributed by atoms with Crippen LogP contribution >= 0.6 is 0 Å². The van der Waals surface area contributed by atoms with E-state index in [0.717, 1.165) is 6.20 Å². The van der Waals surface area contributed by atoms with Crippen molar-refractivity contribution in [3.8, 4) is 17.4 Å². The summed E-state index contributed by atoms with van der Waals surface area (Å²) < 4.78 is 4.87. The first-order valence-corrected chi connectivity index (χ1v) is 4.41. The molecule has 0 fully saturated rings. The van der Waals surface area contributed by atoms with E-state index in [1.165, 1.54) is 0 Å². The fourth-order valence-electron chi connectivity index (χ4n) is 1.36. The SMILES string of the molecule is N#Cc1ccccc1-c1oncc1C(=O)O. The minimum atomic E-state index is -1.14. The number of hydrogen-bond donors (Lipinski definition) is 1. The van der Waals surface area contributed by atoms with E-state index in [1.807, 2.05) is 6.07 Å². The number of nitrogens with zero attached hydrogens (tertiary/aromatic N) is 2. The second-order valence-electron chi connectivity index (χ2n) is 3.03. The van der Waals surface area contributed by atoms with Crippen LogP contribution in [-0.2, 0) is 0 Å². The Labute approximate surface area is 90.5 Å². The zero-order chi connectivity index (χ0) is 11.5. The fourth-order valence-corrected chi connectivity index (χ4v) is 1.36. The van der Waals surface area contributed by atoms with Crippen molar-refractivity contribution in [2.75, 3.05) is 0 Å². The minimum Gasteiger partial charge on any atom is -0.477 e. The number of carbonyl (C=O) groups is 1. The predicted molar refractivity (Wildman–Crippen MR) is 53.6 cm³/mol. The lowest BCUT2D eigenvalue weighted by Gasteiger charge is -1.99. The Bertz CT molecular complexity index is 581. The van der Waals surface area contributed by atoms with Crippen molar-refractivity contribution in [1.82, 2.24) is 5.16 Å². The van der Waals surface area contributed by atoms with Crippen molar-refractivity contribution in [3.63, 3.8) is 0 Å². The molecule has 16 heavy (non-hydrogen) atoms. The molecular formula is C11H6N2O3. The molecular weight excluding hydrogens is 208 g/mol. The first kappa shape index (κ1) is 9.93. The molecule has 1 aromatic heterocycles. The van der Waals surface area contributed by atoms with Crippen LogP contribution in [0.15, 0.2) is 35.0 Å². The van der Waals surface area contributed by atoms with E-state index in [0.29, 0.717) is 11.1 Å². The Morgan fingerprint density at radius 3 is 2.88 bits per heavy atom.